The zero-order chi connectivity index (χ0) is 11.9. The maximum Gasteiger partial charge on any atom is 0.303 e. The number of nitrogens with zero attached hydrogens (tertiary/aromatic N) is 1. The van der Waals surface area contributed by atoms with Gasteiger partial charge in [-0.2, -0.15) is 5.26 Å². The van der Waals surface area contributed by atoms with E-state index in [2.05, 4.69) is 0 Å². The van der Waals surface area contributed by atoms with Crippen LogP contribution in [0.2, 0.25) is 0 Å². The SMILES string of the molecule is CC(O)(C#N)C1CC(CC(=O)O)C1(C)C. The van der Waals surface area contributed by atoms with E-state index in [-0.39, 0.29) is 23.7 Å². The van der Waals surface area contributed by atoms with Crippen LogP contribution in [-0.2, 0) is 4.79 Å². The Morgan fingerprint density at radius 2 is 2.20 bits per heavy atom. The third-order valence-corrected chi connectivity index (χ3v) is 3.80. The molecule has 0 amide bonds. The monoisotopic (exact) mass is 211 g/mol. The summed E-state index contributed by atoms with van der Waals surface area (Å²) in [5, 5.41) is 27.3. The molecule has 15 heavy (non-hydrogen) atoms. The molecule has 4 heteroatoms. The smallest absolute Gasteiger partial charge is 0.303 e. The Hall–Kier alpha value is -1.08. The molecule has 0 aliphatic heterocycles. The molecule has 0 bridgehead atoms. The van der Waals surface area contributed by atoms with Gasteiger partial charge in [0.2, 0.25) is 0 Å². The van der Waals surface area contributed by atoms with Gasteiger partial charge >= 0.3 is 5.97 Å². The fourth-order valence-corrected chi connectivity index (χ4v) is 2.60. The summed E-state index contributed by atoms with van der Waals surface area (Å²) in [5.74, 6) is -0.901. The number of rotatable bonds is 3. The number of aliphatic carboxylic acids is 1. The van der Waals surface area contributed by atoms with Gasteiger partial charge in [-0.15, -0.1) is 0 Å². The Labute approximate surface area is 89.5 Å². The van der Waals surface area contributed by atoms with E-state index >= 15 is 0 Å². The first-order valence-corrected chi connectivity index (χ1v) is 5.07. The number of hydrogen-bond donors (Lipinski definition) is 2. The summed E-state index contributed by atoms with van der Waals surface area (Å²) in [4.78, 5) is 10.6. The van der Waals surface area contributed by atoms with Crippen LogP contribution < -0.4 is 0 Å². The van der Waals surface area contributed by atoms with E-state index in [9.17, 15) is 9.90 Å². The minimum Gasteiger partial charge on any atom is -0.481 e. The van der Waals surface area contributed by atoms with Crippen LogP contribution in [0.15, 0.2) is 0 Å². The average Bonchev–Trinajstić information content (AvgIpc) is 2.11. The lowest BCUT2D eigenvalue weighted by Gasteiger charge is -2.55. The van der Waals surface area contributed by atoms with E-state index in [4.69, 9.17) is 10.4 Å². The minimum atomic E-state index is -1.35. The molecule has 4 nitrogen and oxygen atoms in total. The van der Waals surface area contributed by atoms with Gasteiger partial charge in [0, 0.05) is 12.3 Å². The normalized spacial score (nSPS) is 32.2. The summed E-state index contributed by atoms with van der Waals surface area (Å²) < 4.78 is 0. The zero-order valence-corrected chi connectivity index (χ0v) is 9.32. The van der Waals surface area contributed by atoms with E-state index in [0.29, 0.717) is 6.42 Å². The maximum absolute atomic E-state index is 10.6. The van der Waals surface area contributed by atoms with Crippen LogP contribution in [-0.4, -0.2) is 21.8 Å². The van der Waals surface area contributed by atoms with Crippen molar-refractivity contribution in [3.63, 3.8) is 0 Å². The molecular weight excluding hydrogens is 194 g/mol. The van der Waals surface area contributed by atoms with Gasteiger partial charge in [0.1, 0.15) is 0 Å². The molecule has 0 aromatic carbocycles. The second-order valence-electron chi connectivity index (χ2n) is 5.16. The zero-order valence-electron chi connectivity index (χ0n) is 9.32. The van der Waals surface area contributed by atoms with Crippen molar-refractivity contribution in [1.29, 1.82) is 5.26 Å². The summed E-state index contributed by atoms with van der Waals surface area (Å²) in [6.07, 6.45) is 0.727. The summed E-state index contributed by atoms with van der Waals surface area (Å²) in [6, 6.07) is 1.88. The van der Waals surface area contributed by atoms with Crippen molar-refractivity contribution in [3.8, 4) is 6.07 Å². The van der Waals surface area contributed by atoms with Gasteiger partial charge in [0.25, 0.3) is 0 Å². The minimum absolute atomic E-state index is 0.0554. The molecule has 0 aromatic rings. The molecule has 3 unspecified atom stereocenters. The highest BCUT2D eigenvalue weighted by molar-refractivity contribution is 5.67. The molecule has 1 rings (SSSR count). The number of carboxylic acids is 1. The summed E-state index contributed by atoms with van der Waals surface area (Å²) in [5.41, 5.74) is -1.63. The van der Waals surface area contributed by atoms with Crippen molar-refractivity contribution in [2.75, 3.05) is 0 Å². The summed E-state index contributed by atoms with van der Waals surface area (Å²) >= 11 is 0. The van der Waals surface area contributed by atoms with Gasteiger partial charge in [-0.1, -0.05) is 13.8 Å². The fourth-order valence-electron chi connectivity index (χ4n) is 2.60. The quantitative estimate of drug-likeness (QED) is 0.691. The molecule has 1 aliphatic rings. The number of aliphatic hydroxyl groups is 1. The Bertz CT molecular complexity index is 314. The van der Waals surface area contributed by atoms with Gasteiger partial charge in [-0.05, 0) is 24.7 Å². The fraction of sp³-hybridized carbons (Fsp3) is 0.818. The van der Waals surface area contributed by atoms with E-state index in [1.807, 2.05) is 19.9 Å². The Kier molecular flexibility index (Phi) is 2.79. The van der Waals surface area contributed by atoms with Crippen LogP contribution in [0, 0.1) is 28.6 Å². The standard InChI is InChI=1S/C11H17NO3/c1-10(2)7(5-9(13)14)4-8(10)11(3,15)6-12/h7-8,15H,4-5H2,1-3H3,(H,13,14). The predicted molar refractivity (Wildman–Crippen MR) is 53.9 cm³/mol. The molecule has 0 spiro atoms. The molecular formula is C11H17NO3. The van der Waals surface area contributed by atoms with E-state index in [1.165, 1.54) is 6.92 Å². The third-order valence-electron chi connectivity index (χ3n) is 3.80. The molecule has 1 saturated carbocycles. The molecule has 2 N–H and O–H groups in total. The second-order valence-corrected chi connectivity index (χ2v) is 5.16. The number of carboxylic acid groups (broad SMARTS) is 1. The van der Waals surface area contributed by atoms with Gasteiger partial charge in [-0.3, -0.25) is 4.79 Å². The average molecular weight is 211 g/mol. The Morgan fingerprint density at radius 1 is 1.67 bits per heavy atom. The Morgan fingerprint density at radius 3 is 2.53 bits per heavy atom. The van der Waals surface area contributed by atoms with Crippen LogP contribution in [0.5, 0.6) is 0 Å². The van der Waals surface area contributed by atoms with E-state index < -0.39 is 11.6 Å². The molecule has 84 valence electrons. The van der Waals surface area contributed by atoms with Crippen molar-refractivity contribution in [3.05, 3.63) is 0 Å². The van der Waals surface area contributed by atoms with Crippen molar-refractivity contribution in [2.45, 2.75) is 39.2 Å². The highest BCUT2D eigenvalue weighted by Gasteiger charge is 2.55. The van der Waals surface area contributed by atoms with Crippen molar-refractivity contribution >= 4 is 5.97 Å². The molecule has 0 heterocycles. The van der Waals surface area contributed by atoms with Gasteiger partial charge < -0.3 is 10.2 Å². The first-order chi connectivity index (χ1) is 6.71. The molecule has 3 atom stereocenters. The highest BCUT2D eigenvalue weighted by atomic mass is 16.4. The summed E-state index contributed by atoms with van der Waals surface area (Å²) in [7, 11) is 0. The first-order valence-electron chi connectivity index (χ1n) is 5.07. The van der Waals surface area contributed by atoms with Gasteiger partial charge in [-0.25, -0.2) is 0 Å². The lowest BCUT2D eigenvalue weighted by Crippen LogP contribution is -2.55. The van der Waals surface area contributed by atoms with Crippen LogP contribution in [0.4, 0.5) is 0 Å². The largest absolute Gasteiger partial charge is 0.481 e. The van der Waals surface area contributed by atoms with Crippen molar-refractivity contribution in [1.82, 2.24) is 0 Å². The van der Waals surface area contributed by atoms with Crippen molar-refractivity contribution in [2.24, 2.45) is 17.3 Å². The predicted octanol–water partition coefficient (Wildman–Crippen LogP) is 1.40. The molecule has 1 aliphatic carbocycles. The molecule has 1 fully saturated rings. The van der Waals surface area contributed by atoms with Crippen LogP contribution in [0.3, 0.4) is 0 Å². The van der Waals surface area contributed by atoms with Crippen molar-refractivity contribution < 1.29 is 15.0 Å². The first kappa shape index (κ1) is 12.0. The van der Waals surface area contributed by atoms with Gasteiger partial charge in [0.05, 0.1) is 6.07 Å². The topological polar surface area (TPSA) is 81.3 Å². The van der Waals surface area contributed by atoms with Crippen LogP contribution >= 0.6 is 0 Å². The lowest BCUT2D eigenvalue weighted by atomic mass is 9.49. The summed E-state index contributed by atoms with van der Waals surface area (Å²) in [6.45, 7) is 5.33. The number of hydrogen-bond acceptors (Lipinski definition) is 3. The maximum atomic E-state index is 10.6. The Balaban J connectivity index is 2.72. The number of carbonyl (C=O) groups is 1. The second kappa shape index (κ2) is 3.49. The highest BCUT2D eigenvalue weighted by Crippen LogP contribution is 2.56. The van der Waals surface area contributed by atoms with Crippen LogP contribution in [0.25, 0.3) is 0 Å². The molecule has 0 aromatic heterocycles. The van der Waals surface area contributed by atoms with Gasteiger partial charge in [0.15, 0.2) is 5.60 Å². The number of nitriles is 1. The third kappa shape index (κ3) is 1.98. The van der Waals surface area contributed by atoms with E-state index in [1.54, 1.807) is 0 Å². The lowest BCUT2D eigenvalue weighted by molar-refractivity contribution is -0.153. The van der Waals surface area contributed by atoms with E-state index in [0.717, 1.165) is 0 Å². The molecule has 0 saturated heterocycles. The molecule has 0 radical (unpaired) electrons. The van der Waals surface area contributed by atoms with Crippen LogP contribution in [0.1, 0.15) is 33.6 Å².